The molecule has 1 aromatic rings. The number of carbonyl (C=O) groups is 1. The highest BCUT2D eigenvalue weighted by atomic mass is 16.2. The molecule has 21 heavy (non-hydrogen) atoms. The summed E-state index contributed by atoms with van der Waals surface area (Å²) in [6.45, 7) is 1.94. The van der Waals surface area contributed by atoms with E-state index in [1.54, 1.807) is 0 Å². The summed E-state index contributed by atoms with van der Waals surface area (Å²) in [5.74, 6) is 3.30. The fraction of sp³-hybridized carbons (Fsp3) is 0.588. The molecule has 4 N–H and O–H groups in total. The van der Waals surface area contributed by atoms with Crippen LogP contribution in [0.3, 0.4) is 0 Å². The summed E-state index contributed by atoms with van der Waals surface area (Å²) in [5, 5.41) is 6.11. The Morgan fingerprint density at radius 2 is 2.00 bits per heavy atom. The Balaban J connectivity index is 1.36. The third-order valence-electron chi connectivity index (χ3n) is 5.70. The molecule has 3 aliphatic carbocycles. The molecular formula is C17H23N3O. The lowest BCUT2D eigenvalue weighted by atomic mass is 10.0. The molecule has 0 spiro atoms. The van der Waals surface area contributed by atoms with Crippen LogP contribution in [-0.4, -0.2) is 12.1 Å². The first-order valence-corrected chi connectivity index (χ1v) is 8.06. The first-order valence-electron chi connectivity index (χ1n) is 8.06. The lowest BCUT2D eigenvalue weighted by Gasteiger charge is -2.13. The van der Waals surface area contributed by atoms with Crippen molar-refractivity contribution in [2.24, 2.45) is 29.4 Å². The number of fused-ring (bicyclic) bond motifs is 5. The largest absolute Gasteiger partial charge is 0.335 e. The van der Waals surface area contributed by atoms with Crippen molar-refractivity contribution >= 4 is 11.7 Å². The van der Waals surface area contributed by atoms with Crippen LogP contribution in [0.1, 0.15) is 37.8 Å². The maximum Gasteiger partial charge on any atom is 0.319 e. The summed E-state index contributed by atoms with van der Waals surface area (Å²) in [6.07, 6.45) is 4.16. The zero-order chi connectivity index (χ0) is 14.6. The molecule has 4 rings (SSSR count). The van der Waals surface area contributed by atoms with Crippen molar-refractivity contribution in [3.8, 4) is 0 Å². The van der Waals surface area contributed by atoms with Crippen LogP contribution < -0.4 is 16.4 Å². The van der Waals surface area contributed by atoms with Crippen molar-refractivity contribution in [1.82, 2.24) is 5.32 Å². The van der Waals surface area contributed by atoms with E-state index in [-0.39, 0.29) is 12.1 Å². The third kappa shape index (κ3) is 2.22. The van der Waals surface area contributed by atoms with E-state index in [0.29, 0.717) is 6.04 Å². The molecule has 2 amide bonds. The number of nitrogens with two attached hydrogens (primary N) is 1. The van der Waals surface area contributed by atoms with Crippen molar-refractivity contribution < 1.29 is 4.79 Å². The van der Waals surface area contributed by atoms with Gasteiger partial charge in [-0.2, -0.15) is 0 Å². The monoisotopic (exact) mass is 285 g/mol. The molecule has 2 bridgehead atoms. The van der Waals surface area contributed by atoms with Crippen molar-refractivity contribution in [1.29, 1.82) is 0 Å². The van der Waals surface area contributed by atoms with Crippen molar-refractivity contribution in [3.63, 3.8) is 0 Å². The van der Waals surface area contributed by atoms with E-state index >= 15 is 0 Å². The Hall–Kier alpha value is -1.55. The molecule has 0 radical (unpaired) electrons. The minimum absolute atomic E-state index is 0.0202. The summed E-state index contributed by atoms with van der Waals surface area (Å²) in [4.78, 5) is 12.2. The van der Waals surface area contributed by atoms with Gasteiger partial charge in [0.1, 0.15) is 0 Å². The van der Waals surface area contributed by atoms with Crippen LogP contribution in [0.5, 0.6) is 0 Å². The second-order valence-corrected chi connectivity index (χ2v) is 7.03. The molecule has 0 aromatic heterocycles. The van der Waals surface area contributed by atoms with E-state index in [9.17, 15) is 4.79 Å². The minimum Gasteiger partial charge on any atom is -0.335 e. The first-order chi connectivity index (χ1) is 10.1. The number of amides is 2. The number of urea groups is 1. The molecule has 3 fully saturated rings. The van der Waals surface area contributed by atoms with Gasteiger partial charge in [0.05, 0.1) is 0 Å². The van der Waals surface area contributed by atoms with Crippen LogP contribution in [0.25, 0.3) is 0 Å². The minimum atomic E-state index is -0.0735. The highest BCUT2D eigenvalue weighted by Gasteiger charge is 2.65. The van der Waals surface area contributed by atoms with Gasteiger partial charge in [0, 0.05) is 17.8 Å². The molecule has 4 heteroatoms. The Bertz CT molecular complexity index is 555. The summed E-state index contributed by atoms with van der Waals surface area (Å²) in [5.41, 5.74) is 7.73. The van der Waals surface area contributed by atoms with Crippen molar-refractivity contribution in [2.75, 3.05) is 5.32 Å². The van der Waals surface area contributed by atoms with Gasteiger partial charge in [-0.05, 0) is 67.6 Å². The Kier molecular flexibility index (Phi) is 2.96. The first kappa shape index (κ1) is 13.1. The highest BCUT2D eigenvalue weighted by Crippen LogP contribution is 2.65. The Morgan fingerprint density at radius 1 is 1.29 bits per heavy atom. The van der Waals surface area contributed by atoms with Crippen molar-refractivity contribution in [3.05, 3.63) is 29.8 Å². The van der Waals surface area contributed by atoms with E-state index in [1.165, 1.54) is 19.3 Å². The van der Waals surface area contributed by atoms with Crippen LogP contribution in [0.4, 0.5) is 10.5 Å². The van der Waals surface area contributed by atoms with Gasteiger partial charge in [-0.1, -0.05) is 12.1 Å². The van der Waals surface area contributed by atoms with Crippen LogP contribution in [-0.2, 0) is 0 Å². The molecule has 1 aromatic carbocycles. The third-order valence-corrected chi connectivity index (χ3v) is 5.70. The molecular weight excluding hydrogens is 262 g/mol. The molecule has 3 saturated carbocycles. The molecule has 0 aliphatic heterocycles. The highest BCUT2D eigenvalue weighted by molar-refractivity contribution is 5.89. The Morgan fingerprint density at radius 3 is 2.67 bits per heavy atom. The van der Waals surface area contributed by atoms with E-state index in [2.05, 4.69) is 10.6 Å². The number of nitrogens with one attached hydrogen (secondary N) is 2. The van der Waals surface area contributed by atoms with Gasteiger partial charge in [0.15, 0.2) is 0 Å². The maximum atomic E-state index is 12.2. The van der Waals surface area contributed by atoms with Crippen molar-refractivity contribution in [2.45, 2.75) is 38.3 Å². The van der Waals surface area contributed by atoms with Crippen LogP contribution in [0.15, 0.2) is 24.3 Å². The zero-order valence-electron chi connectivity index (χ0n) is 12.4. The second kappa shape index (κ2) is 4.73. The lowest BCUT2D eigenvalue weighted by molar-refractivity contribution is 0.249. The molecule has 3 aliphatic rings. The fourth-order valence-corrected chi connectivity index (χ4v) is 4.74. The molecule has 4 nitrogen and oxygen atoms in total. The predicted octanol–water partition coefficient (Wildman–Crippen LogP) is 2.87. The average molecular weight is 285 g/mol. The Labute approximate surface area is 125 Å². The fourth-order valence-electron chi connectivity index (χ4n) is 4.74. The number of hydrogen-bond acceptors (Lipinski definition) is 2. The van der Waals surface area contributed by atoms with Gasteiger partial charge in [0.25, 0.3) is 0 Å². The lowest BCUT2D eigenvalue weighted by Crippen LogP contribution is -2.33. The van der Waals surface area contributed by atoms with Gasteiger partial charge >= 0.3 is 6.03 Å². The predicted molar refractivity (Wildman–Crippen MR) is 82.8 cm³/mol. The second-order valence-electron chi connectivity index (χ2n) is 7.03. The molecule has 0 heterocycles. The van der Waals surface area contributed by atoms with Crippen LogP contribution in [0.2, 0.25) is 0 Å². The topological polar surface area (TPSA) is 67.1 Å². The summed E-state index contributed by atoms with van der Waals surface area (Å²) < 4.78 is 0. The van der Waals surface area contributed by atoms with E-state index in [0.717, 1.165) is 34.9 Å². The number of hydrogen-bond donors (Lipinski definition) is 3. The van der Waals surface area contributed by atoms with Gasteiger partial charge in [-0.15, -0.1) is 0 Å². The van der Waals surface area contributed by atoms with Crippen LogP contribution in [0, 0.1) is 23.7 Å². The van der Waals surface area contributed by atoms with E-state index in [1.807, 2.05) is 31.2 Å². The van der Waals surface area contributed by atoms with Gasteiger partial charge < -0.3 is 16.4 Å². The number of carbonyl (C=O) groups excluding carboxylic acids is 1. The number of benzene rings is 1. The SMILES string of the molecule is CC(N)c1cccc(NC(=O)NC2C3C4CCC(C4)C23)c1. The molecule has 0 saturated heterocycles. The standard InChI is InChI=1S/C17H23N3O/c1-9(18)10-3-2-4-13(8-10)19-17(21)20-16-14-11-5-6-12(7-11)15(14)16/h2-4,8-9,11-12,14-16H,5-7,18H2,1H3,(H2,19,20,21). The summed E-state index contributed by atoms with van der Waals surface area (Å²) in [6, 6.07) is 8.10. The molecule has 112 valence electrons. The summed E-state index contributed by atoms with van der Waals surface area (Å²) in [7, 11) is 0. The average Bonchev–Trinajstić information content (AvgIpc) is 2.84. The summed E-state index contributed by atoms with van der Waals surface area (Å²) >= 11 is 0. The van der Waals surface area contributed by atoms with E-state index in [4.69, 9.17) is 5.73 Å². The van der Waals surface area contributed by atoms with E-state index < -0.39 is 0 Å². The van der Waals surface area contributed by atoms with Gasteiger partial charge in [0.2, 0.25) is 0 Å². The van der Waals surface area contributed by atoms with Gasteiger partial charge in [-0.3, -0.25) is 0 Å². The normalized spacial score (nSPS) is 37.0. The van der Waals surface area contributed by atoms with Gasteiger partial charge in [-0.25, -0.2) is 4.79 Å². The smallest absolute Gasteiger partial charge is 0.319 e. The maximum absolute atomic E-state index is 12.2. The molecule has 5 atom stereocenters. The van der Waals surface area contributed by atoms with Crippen LogP contribution >= 0.6 is 0 Å². The number of rotatable bonds is 3. The number of anilines is 1. The quantitative estimate of drug-likeness (QED) is 0.799. The zero-order valence-corrected chi connectivity index (χ0v) is 12.4. The molecule has 5 unspecified atom stereocenters.